The van der Waals surface area contributed by atoms with Gasteiger partial charge in [0.2, 0.25) is 5.28 Å². The van der Waals surface area contributed by atoms with E-state index in [1.165, 1.54) is 23.5 Å². The zero-order valence-electron chi connectivity index (χ0n) is 26.1. The Morgan fingerprint density at radius 2 is 1.96 bits per heavy atom. The average Bonchev–Trinajstić information content (AvgIpc) is 3.70. The number of nitrogen functional groups attached to an aromatic ring is 1. The quantitative estimate of drug-likeness (QED) is 0.187. The Morgan fingerprint density at radius 1 is 1.20 bits per heavy atom. The number of fused-ring (bicyclic) bond motifs is 1. The predicted molar refractivity (Wildman–Crippen MR) is 176 cm³/mol. The van der Waals surface area contributed by atoms with Gasteiger partial charge in [0.15, 0.2) is 0 Å². The molecule has 0 unspecified atom stereocenters. The molecule has 1 aliphatic rings. The van der Waals surface area contributed by atoms with E-state index >= 15 is 0 Å². The fourth-order valence-corrected chi connectivity index (χ4v) is 6.83. The lowest BCUT2D eigenvalue weighted by molar-refractivity contribution is 0.0244. The second kappa shape index (κ2) is 14.0. The summed E-state index contributed by atoms with van der Waals surface area (Å²) >= 11 is 7.73. The monoisotopic (exact) mass is 657 g/mol. The van der Waals surface area contributed by atoms with Gasteiger partial charge in [-0.05, 0) is 95.3 Å². The Morgan fingerprint density at radius 3 is 2.64 bits per heavy atom. The number of carbonyl (C=O) groups excluding carboxylic acids is 1. The number of halogens is 2. The molecular weight excluding hydrogens is 617 g/mol. The minimum absolute atomic E-state index is 0.00843. The summed E-state index contributed by atoms with van der Waals surface area (Å²) in [4.78, 5) is 30.1. The third kappa shape index (κ3) is 8.29. The summed E-state index contributed by atoms with van der Waals surface area (Å²) in [6.45, 7) is 7.99. The molecule has 0 saturated heterocycles. The Labute approximate surface area is 272 Å². The molecule has 13 heteroatoms. The van der Waals surface area contributed by atoms with Gasteiger partial charge in [0.1, 0.15) is 27.9 Å². The van der Waals surface area contributed by atoms with E-state index in [1.54, 1.807) is 23.2 Å². The summed E-state index contributed by atoms with van der Waals surface area (Å²) in [7, 11) is 2.04. The van der Waals surface area contributed by atoms with Crippen molar-refractivity contribution in [3.8, 4) is 10.6 Å². The number of thiazole rings is 1. The highest BCUT2D eigenvalue weighted by Gasteiger charge is 2.36. The molecular formula is C32H41ClFN7O3S. The summed E-state index contributed by atoms with van der Waals surface area (Å²) in [5, 5.41) is 14.6. The standard InChI is InChI=1S/C32H41ClFN7O3S/c1-32(2,3)44-31(43)40(14-10-20-6-8-22(34)9-7-20)13-5-12-39(4)18-21-16-23(17-25(21)42)41-19-24(29-36-11-15-45-29)26-27(35)37-30(33)38-28(26)41/h6-9,11,15,19,21,23,25,42H,5,10,12-14,16-18H2,1-4H3,(H2,35,37,38)/t21-,23-,25+/m1/s1. The first kappa shape index (κ1) is 33.1. The van der Waals surface area contributed by atoms with Gasteiger partial charge in [-0.15, -0.1) is 11.3 Å². The number of nitrogens with zero attached hydrogens (tertiary/aromatic N) is 6. The second-order valence-electron chi connectivity index (χ2n) is 12.8. The average molecular weight is 658 g/mol. The summed E-state index contributed by atoms with van der Waals surface area (Å²) in [6.07, 6.45) is 5.59. The van der Waals surface area contributed by atoms with Gasteiger partial charge >= 0.3 is 6.09 Å². The lowest BCUT2D eigenvalue weighted by Gasteiger charge is -2.28. The van der Waals surface area contributed by atoms with Gasteiger partial charge in [-0.25, -0.2) is 19.2 Å². The molecule has 1 aromatic carbocycles. The second-order valence-corrected chi connectivity index (χ2v) is 14.0. The van der Waals surface area contributed by atoms with Gasteiger partial charge in [-0.2, -0.15) is 4.98 Å². The maximum atomic E-state index is 13.3. The van der Waals surface area contributed by atoms with Crippen LogP contribution in [0.5, 0.6) is 0 Å². The van der Waals surface area contributed by atoms with Gasteiger partial charge in [0.05, 0.1) is 11.5 Å². The van der Waals surface area contributed by atoms with E-state index in [0.717, 1.165) is 40.9 Å². The van der Waals surface area contributed by atoms with Crippen molar-refractivity contribution >= 4 is 45.9 Å². The van der Waals surface area contributed by atoms with E-state index in [9.17, 15) is 14.3 Å². The van der Waals surface area contributed by atoms with Gasteiger partial charge in [-0.3, -0.25) is 0 Å². The topological polar surface area (TPSA) is 123 Å². The van der Waals surface area contributed by atoms with E-state index < -0.39 is 11.7 Å². The number of hydrogen-bond donors (Lipinski definition) is 2. The Balaban J connectivity index is 1.20. The molecule has 10 nitrogen and oxygen atoms in total. The van der Waals surface area contributed by atoms with E-state index in [0.29, 0.717) is 43.9 Å². The number of carbonyl (C=O) groups is 1. The predicted octanol–water partition coefficient (Wildman–Crippen LogP) is 6.04. The number of aromatic nitrogens is 4. The molecule has 1 saturated carbocycles. The van der Waals surface area contributed by atoms with Crippen molar-refractivity contribution in [1.82, 2.24) is 29.3 Å². The van der Waals surface area contributed by atoms with E-state index in [1.807, 2.05) is 39.4 Å². The maximum Gasteiger partial charge on any atom is 0.410 e. The van der Waals surface area contributed by atoms with Crippen LogP contribution >= 0.6 is 22.9 Å². The minimum atomic E-state index is -0.605. The van der Waals surface area contributed by atoms with Crippen LogP contribution in [0.1, 0.15) is 51.6 Å². The van der Waals surface area contributed by atoms with Gasteiger partial charge in [0, 0.05) is 49.0 Å². The first-order valence-electron chi connectivity index (χ1n) is 15.2. The minimum Gasteiger partial charge on any atom is -0.444 e. The SMILES string of the molecule is CN(CCCN(CCc1ccc(F)cc1)C(=O)OC(C)(C)C)C[C@H]1C[C@@H](n2cc(-c3nccs3)c3c(N)nc(Cl)nc32)C[C@@H]1O. The zero-order chi connectivity index (χ0) is 32.3. The summed E-state index contributed by atoms with van der Waals surface area (Å²) in [5.41, 5.74) is 8.15. The molecule has 1 aliphatic carbocycles. The molecule has 5 rings (SSSR count). The molecule has 3 atom stereocenters. The smallest absolute Gasteiger partial charge is 0.410 e. The molecule has 3 N–H and O–H groups in total. The summed E-state index contributed by atoms with van der Waals surface area (Å²) in [5.74, 6) is 0.0763. The highest BCUT2D eigenvalue weighted by Crippen LogP contribution is 2.41. The number of hydrogen-bond acceptors (Lipinski definition) is 9. The number of benzene rings is 1. The van der Waals surface area contributed by atoms with Crippen LogP contribution in [-0.2, 0) is 11.2 Å². The Hall–Kier alpha value is -3.32. The van der Waals surface area contributed by atoms with Crippen LogP contribution < -0.4 is 5.73 Å². The first-order valence-corrected chi connectivity index (χ1v) is 16.5. The highest BCUT2D eigenvalue weighted by atomic mass is 35.5. The summed E-state index contributed by atoms with van der Waals surface area (Å²) < 4.78 is 21.1. The first-order chi connectivity index (χ1) is 21.4. The van der Waals surface area contributed by atoms with E-state index in [4.69, 9.17) is 22.1 Å². The van der Waals surface area contributed by atoms with Crippen LogP contribution in [0, 0.1) is 11.7 Å². The Bertz CT molecular complexity index is 1590. The third-order valence-corrected chi connectivity index (χ3v) is 9.09. The Kier molecular flexibility index (Phi) is 10.3. The van der Waals surface area contributed by atoms with Crippen LogP contribution in [0.25, 0.3) is 21.6 Å². The molecule has 242 valence electrons. The molecule has 45 heavy (non-hydrogen) atoms. The molecule has 4 aromatic rings. The molecule has 0 bridgehead atoms. The maximum absolute atomic E-state index is 13.3. The molecule has 0 aliphatic heterocycles. The van der Waals surface area contributed by atoms with Gasteiger partial charge in [-0.1, -0.05) is 12.1 Å². The van der Waals surface area contributed by atoms with Crippen molar-refractivity contribution in [2.75, 3.05) is 39.0 Å². The van der Waals surface area contributed by atoms with Crippen LogP contribution in [0.15, 0.2) is 42.0 Å². The van der Waals surface area contributed by atoms with Crippen molar-refractivity contribution in [2.45, 2.75) is 64.2 Å². The van der Waals surface area contributed by atoms with Crippen molar-refractivity contribution in [1.29, 1.82) is 0 Å². The number of rotatable bonds is 11. The number of ether oxygens (including phenoxy) is 1. The molecule has 0 radical (unpaired) electrons. The lowest BCUT2D eigenvalue weighted by Crippen LogP contribution is -2.40. The van der Waals surface area contributed by atoms with Crippen molar-refractivity contribution in [2.24, 2.45) is 5.92 Å². The fraction of sp³-hybridized carbons (Fsp3) is 0.500. The van der Waals surface area contributed by atoms with Crippen LogP contribution in [0.3, 0.4) is 0 Å². The summed E-state index contributed by atoms with van der Waals surface area (Å²) in [6, 6.07) is 6.35. The van der Waals surface area contributed by atoms with Crippen LogP contribution in [-0.4, -0.2) is 85.5 Å². The van der Waals surface area contributed by atoms with E-state index in [2.05, 4.69) is 24.4 Å². The van der Waals surface area contributed by atoms with Crippen molar-refractivity contribution in [3.05, 3.63) is 58.7 Å². The van der Waals surface area contributed by atoms with Crippen molar-refractivity contribution in [3.63, 3.8) is 0 Å². The van der Waals surface area contributed by atoms with Gasteiger partial charge in [0.25, 0.3) is 0 Å². The van der Waals surface area contributed by atoms with E-state index in [-0.39, 0.29) is 29.2 Å². The van der Waals surface area contributed by atoms with Crippen LogP contribution in [0.2, 0.25) is 5.28 Å². The molecule has 0 spiro atoms. The largest absolute Gasteiger partial charge is 0.444 e. The van der Waals surface area contributed by atoms with Gasteiger partial charge < -0.3 is 29.9 Å². The normalized spacial score (nSPS) is 18.6. The number of aliphatic hydroxyl groups excluding tert-OH is 1. The number of nitrogens with two attached hydrogens (primary N) is 1. The number of aliphatic hydroxyl groups is 1. The molecule has 3 heterocycles. The zero-order valence-corrected chi connectivity index (χ0v) is 27.7. The number of amides is 1. The third-order valence-electron chi connectivity index (χ3n) is 8.11. The molecule has 1 fully saturated rings. The highest BCUT2D eigenvalue weighted by molar-refractivity contribution is 7.13. The number of anilines is 1. The van der Waals surface area contributed by atoms with Crippen molar-refractivity contribution < 1.29 is 19.0 Å². The molecule has 3 aromatic heterocycles. The fourth-order valence-electron chi connectivity index (χ4n) is 6.00. The lowest BCUT2D eigenvalue weighted by atomic mass is 10.1. The molecule has 1 amide bonds. The van der Waals surface area contributed by atoms with Crippen LogP contribution in [0.4, 0.5) is 15.0 Å².